The monoisotopic (exact) mass is 376 g/mol. The summed E-state index contributed by atoms with van der Waals surface area (Å²) in [6, 6.07) is 15.7. The summed E-state index contributed by atoms with van der Waals surface area (Å²) in [5.41, 5.74) is 2.37. The number of carboxylic acid groups (broad SMARTS) is 1. The van der Waals surface area contributed by atoms with Gasteiger partial charge in [0.2, 0.25) is 0 Å². The zero-order valence-corrected chi connectivity index (χ0v) is 15.2. The first-order valence-corrected chi connectivity index (χ1v) is 9.01. The third-order valence-electron chi connectivity index (χ3n) is 3.87. The van der Waals surface area contributed by atoms with Crippen LogP contribution in [0.2, 0.25) is 0 Å². The SMILES string of the molecule is Cc1ccc(-c2nc(SCc3cccc(C(=O)[O-])c3)[nH]c(=O)c2C#N)cc1. The number of hydrogen-bond acceptors (Lipinski definition) is 6. The predicted octanol–water partition coefficient (Wildman–Crippen LogP) is 2.27. The molecule has 0 radical (unpaired) electrons. The van der Waals surface area contributed by atoms with E-state index in [2.05, 4.69) is 9.97 Å². The molecule has 1 heterocycles. The second kappa shape index (κ2) is 7.89. The molecule has 0 amide bonds. The van der Waals surface area contributed by atoms with E-state index >= 15 is 0 Å². The number of carbonyl (C=O) groups is 1. The number of aryl methyl sites for hydroxylation is 1. The Labute approximate surface area is 159 Å². The van der Waals surface area contributed by atoms with Gasteiger partial charge in [0, 0.05) is 11.3 Å². The number of carboxylic acids is 1. The molecule has 134 valence electrons. The van der Waals surface area contributed by atoms with Gasteiger partial charge in [0.25, 0.3) is 5.56 Å². The Morgan fingerprint density at radius 3 is 2.67 bits per heavy atom. The van der Waals surface area contributed by atoms with Gasteiger partial charge in [-0.25, -0.2) is 4.98 Å². The maximum atomic E-state index is 12.3. The average Bonchev–Trinajstić information content (AvgIpc) is 2.66. The summed E-state index contributed by atoms with van der Waals surface area (Å²) in [6.07, 6.45) is 0. The van der Waals surface area contributed by atoms with Gasteiger partial charge in [-0.15, -0.1) is 0 Å². The molecule has 1 aromatic heterocycles. The quantitative estimate of drug-likeness (QED) is 0.540. The van der Waals surface area contributed by atoms with Crippen LogP contribution in [0.5, 0.6) is 0 Å². The number of nitriles is 1. The number of nitrogens with zero attached hydrogens (tertiary/aromatic N) is 2. The highest BCUT2D eigenvalue weighted by Gasteiger charge is 2.13. The lowest BCUT2D eigenvalue weighted by Gasteiger charge is -2.08. The van der Waals surface area contributed by atoms with Crippen molar-refractivity contribution in [3.8, 4) is 17.3 Å². The van der Waals surface area contributed by atoms with Crippen molar-refractivity contribution in [1.29, 1.82) is 5.26 Å². The number of aromatic amines is 1. The predicted molar refractivity (Wildman–Crippen MR) is 100 cm³/mol. The van der Waals surface area contributed by atoms with E-state index in [1.54, 1.807) is 12.1 Å². The summed E-state index contributed by atoms with van der Waals surface area (Å²) in [6.45, 7) is 1.95. The van der Waals surface area contributed by atoms with E-state index in [1.165, 1.54) is 23.9 Å². The molecule has 0 saturated carbocycles. The Bertz CT molecular complexity index is 1100. The summed E-state index contributed by atoms with van der Waals surface area (Å²) in [4.78, 5) is 30.3. The van der Waals surface area contributed by atoms with Gasteiger partial charge in [-0.2, -0.15) is 5.26 Å². The molecular weight excluding hydrogens is 362 g/mol. The lowest BCUT2D eigenvalue weighted by molar-refractivity contribution is -0.255. The van der Waals surface area contributed by atoms with Gasteiger partial charge in [-0.1, -0.05) is 59.8 Å². The van der Waals surface area contributed by atoms with Crippen LogP contribution in [-0.2, 0) is 5.75 Å². The molecule has 0 atom stereocenters. The molecular formula is C20H14N3O3S-. The molecule has 2 aromatic carbocycles. The van der Waals surface area contributed by atoms with E-state index in [-0.39, 0.29) is 11.1 Å². The largest absolute Gasteiger partial charge is 0.545 e. The highest BCUT2D eigenvalue weighted by molar-refractivity contribution is 7.98. The summed E-state index contributed by atoms with van der Waals surface area (Å²) in [7, 11) is 0. The van der Waals surface area contributed by atoms with E-state index in [9.17, 15) is 20.0 Å². The topological polar surface area (TPSA) is 110 Å². The standard InChI is InChI=1S/C20H15N3O3S/c1-12-5-7-14(8-6-12)17-16(10-21)18(24)23-20(22-17)27-11-13-3-2-4-15(9-13)19(25)26/h2-9H,11H2,1H3,(H,25,26)(H,22,23,24)/p-1. The summed E-state index contributed by atoms with van der Waals surface area (Å²) >= 11 is 1.25. The lowest BCUT2D eigenvalue weighted by atomic mass is 10.1. The van der Waals surface area contributed by atoms with Gasteiger partial charge in [-0.3, -0.25) is 4.79 Å². The van der Waals surface area contributed by atoms with Crippen LogP contribution in [0.25, 0.3) is 11.3 Å². The fourth-order valence-corrected chi connectivity index (χ4v) is 3.29. The van der Waals surface area contributed by atoms with Gasteiger partial charge >= 0.3 is 0 Å². The van der Waals surface area contributed by atoms with Crippen LogP contribution in [0.3, 0.4) is 0 Å². The van der Waals surface area contributed by atoms with Gasteiger partial charge < -0.3 is 14.9 Å². The highest BCUT2D eigenvalue weighted by Crippen LogP contribution is 2.24. The van der Waals surface area contributed by atoms with Gasteiger partial charge in [0.1, 0.15) is 11.6 Å². The molecule has 0 fully saturated rings. The van der Waals surface area contributed by atoms with Gasteiger partial charge in [0.15, 0.2) is 5.16 Å². The smallest absolute Gasteiger partial charge is 0.270 e. The zero-order valence-electron chi connectivity index (χ0n) is 14.4. The molecule has 0 aliphatic heterocycles. The third-order valence-corrected chi connectivity index (χ3v) is 4.82. The van der Waals surface area contributed by atoms with E-state index < -0.39 is 11.5 Å². The van der Waals surface area contributed by atoms with Crippen LogP contribution in [0.1, 0.15) is 27.0 Å². The number of benzene rings is 2. The normalized spacial score (nSPS) is 10.4. The Balaban J connectivity index is 1.92. The van der Waals surface area contributed by atoms with Gasteiger partial charge in [-0.05, 0) is 24.1 Å². The van der Waals surface area contributed by atoms with Crippen LogP contribution in [0.15, 0.2) is 58.5 Å². The Morgan fingerprint density at radius 1 is 1.26 bits per heavy atom. The summed E-state index contributed by atoms with van der Waals surface area (Å²) < 4.78 is 0. The molecule has 0 aliphatic carbocycles. The second-order valence-electron chi connectivity index (χ2n) is 5.85. The Morgan fingerprint density at radius 2 is 2.00 bits per heavy atom. The van der Waals surface area contributed by atoms with Crippen molar-refractivity contribution in [2.75, 3.05) is 0 Å². The molecule has 0 bridgehead atoms. The maximum Gasteiger partial charge on any atom is 0.270 e. The van der Waals surface area contributed by atoms with Crippen molar-refractivity contribution < 1.29 is 9.90 Å². The molecule has 27 heavy (non-hydrogen) atoms. The van der Waals surface area contributed by atoms with Crippen molar-refractivity contribution in [3.05, 3.63) is 81.1 Å². The number of nitrogens with one attached hydrogen (secondary N) is 1. The maximum absolute atomic E-state index is 12.3. The van der Waals surface area contributed by atoms with Crippen molar-refractivity contribution in [2.45, 2.75) is 17.8 Å². The van der Waals surface area contributed by atoms with Crippen molar-refractivity contribution >= 4 is 17.7 Å². The molecule has 0 spiro atoms. The van der Waals surface area contributed by atoms with Crippen LogP contribution >= 0.6 is 11.8 Å². The van der Waals surface area contributed by atoms with E-state index in [1.807, 2.05) is 37.3 Å². The number of thioether (sulfide) groups is 1. The molecule has 7 heteroatoms. The molecule has 3 aromatic rings. The number of H-pyrrole nitrogens is 1. The highest BCUT2D eigenvalue weighted by atomic mass is 32.2. The lowest BCUT2D eigenvalue weighted by Crippen LogP contribution is -2.22. The minimum Gasteiger partial charge on any atom is -0.545 e. The number of rotatable bonds is 5. The number of aromatic nitrogens is 2. The Hall–Kier alpha value is -3.37. The van der Waals surface area contributed by atoms with Crippen molar-refractivity contribution in [1.82, 2.24) is 9.97 Å². The van der Waals surface area contributed by atoms with E-state index in [0.717, 1.165) is 11.1 Å². The minimum atomic E-state index is -1.24. The zero-order chi connectivity index (χ0) is 19.4. The van der Waals surface area contributed by atoms with Crippen LogP contribution in [0.4, 0.5) is 0 Å². The molecule has 0 unspecified atom stereocenters. The fraction of sp³-hybridized carbons (Fsp3) is 0.100. The molecule has 1 N–H and O–H groups in total. The minimum absolute atomic E-state index is 0.0397. The van der Waals surface area contributed by atoms with E-state index in [4.69, 9.17) is 0 Å². The first kappa shape index (κ1) is 18.4. The fourth-order valence-electron chi connectivity index (χ4n) is 2.48. The average molecular weight is 376 g/mol. The number of aromatic carboxylic acids is 1. The summed E-state index contributed by atoms with van der Waals surface area (Å²) in [5, 5.41) is 20.6. The molecule has 3 rings (SSSR count). The van der Waals surface area contributed by atoms with E-state index in [0.29, 0.717) is 22.2 Å². The second-order valence-corrected chi connectivity index (χ2v) is 6.81. The Kier molecular flexibility index (Phi) is 5.38. The van der Waals surface area contributed by atoms with Crippen LogP contribution in [-0.4, -0.2) is 15.9 Å². The summed E-state index contributed by atoms with van der Waals surface area (Å²) in [5.74, 6) is -0.836. The number of carbonyl (C=O) groups excluding carboxylic acids is 1. The number of hydrogen-bond donors (Lipinski definition) is 1. The molecule has 0 saturated heterocycles. The first-order chi connectivity index (χ1) is 13.0. The van der Waals surface area contributed by atoms with Crippen molar-refractivity contribution in [3.63, 3.8) is 0 Å². The van der Waals surface area contributed by atoms with Crippen molar-refractivity contribution in [2.24, 2.45) is 0 Å². The first-order valence-electron chi connectivity index (χ1n) is 8.02. The van der Waals surface area contributed by atoms with Gasteiger partial charge in [0.05, 0.1) is 11.7 Å². The third kappa shape index (κ3) is 4.25. The van der Waals surface area contributed by atoms with Crippen LogP contribution in [0, 0.1) is 18.3 Å². The molecule has 0 aliphatic rings. The van der Waals surface area contributed by atoms with Crippen LogP contribution < -0.4 is 10.7 Å². The molecule has 6 nitrogen and oxygen atoms in total.